The summed E-state index contributed by atoms with van der Waals surface area (Å²) in [5.41, 5.74) is 5.11. The molecular formula is C22H13ClF8N4O4S2. The molecule has 0 amide bonds. The highest BCUT2D eigenvalue weighted by atomic mass is 35.7. The lowest BCUT2D eigenvalue weighted by Crippen LogP contribution is -2.16. The normalized spacial score (nSPS) is 11.0. The highest BCUT2D eigenvalue weighted by molar-refractivity contribution is 8.13. The van der Waals surface area contributed by atoms with Crippen molar-refractivity contribution in [2.24, 2.45) is 0 Å². The summed E-state index contributed by atoms with van der Waals surface area (Å²) in [4.78, 5) is 4.31. The molecule has 0 unspecified atom stereocenters. The maximum Gasteiger partial charge on any atom is 0.266 e. The van der Waals surface area contributed by atoms with E-state index in [0.717, 1.165) is 12.1 Å². The van der Waals surface area contributed by atoms with Gasteiger partial charge in [-0.15, -0.1) is 0 Å². The van der Waals surface area contributed by atoms with Crippen molar-refractivity contribution in [2.45, 2.75) is 9.79 Å². The largest absolute Gasteiger partial charge is 0.384 e. The van der Waals surface area contributed by atoms with E-state index in [-0.39, 0.29) is 30.1 Å². The third kappa shape index (κ3) is 9.83. The van der Waals surface area contributed by atoms with E-state index in [1.807, 2.05) is 0 Å². The average Bonchev–Trinajstić information content (AvgIpc) is 2.83. The SMILES string of the molecule is Nc1cccc(F)n1.O=S(=O)(Cl)c1cc(F)c(F)cc1F.O=S(=O)(Nc1cccc(F)n1)c1cc(F)c(F)cc1F. The van der Waals surface area contributed by atoms with E-state index in [1.165, 1.54) is 24.3 Å². The summed E-state index contributed by atoms with van der Waals surface area (Å²) in [5.74, 6) is -10.6. The summed E-state index contributed by atoms with van der Waals surface area (Å²) in [5, 5.41) is 0. The zero-order valence-corrected chi connectivity index (χ0v) is 22.0. The number of anilines is 2. The van der Waals surface area contributed by atoms with Crippen LogP contribution in [0.3, 0.4) is 0 Å². The number of rotatable bonds is 4. The number of benzene rings is 2. The van der Waals surface area contributed by atoms with E-state index in [4.69, 9.17) is 16.4 Å². The number of hydrogen-bond acceptors (Lipinski definition) is 7. The minimum atomic E-state index is -4.56. The fourth-order valence-electron chi connectivity index (χ4n) is 2.48. The molecule has 4 aromatic rings. The molecular weight excluding hydrogens is 636 g/mol. The molecule has 3 N–H and O–H groups in total. The monoisotopic (exact) mass is 648 g/mol. The van der Waals surface area contributed by atoms with Crippen molar-refractivity contribution in [1.82, 2.24) is 9.97 Å². The molecule has 0 aliphatic heterocycles. The molecule has 19 heteroatoms. The summed E-state index contributed by atoms with van der Waals surface area (Å²) in [7, 11) is -4.21. The molecule has 220 valence electrons. The van der Waals surface area contributed by atoms with Crippen molar-refractivity contribution in [1.29, 1.82) is 0 Å². The van der Waals surface area contributed by atoms with E-state index in [1.54, 1.807) is 4.72 Å². The maximum absolute atomic E-state index is 13.4. The zero-order chi connectivity index (χ0) is 31.1. The summed E-state index contributed by atoms with van der Waals surface area (Å²) < 4.78 is 148. The number of hydrogen-bond donors (Lipinski definition) is 2. The molecule has 2 aromatic heterocycles. The van der Waals surface area contributed by atoms with Crippen LogP contribution in [0.2, 0.25) is 0 Å². The molecule has 8 nitrogen and oxygen atoms in total. The van der Waals surface area contributed by atoms with Gasteiger partial charge in [-0.2, -0.15) is 8.78 Å². The van der Waals surface area contributed by atoms with Crippen molar-refractivity contribution in [3.63, 3.8) is 0 Å². The van der Waals surface area contributed by atoms with Gasteiger partial charge in [0.2, 0.25) is 11.9 Å². The Kier molecular flexibility index (Phi) is 11.0. The lowest BCUT2D eigenvalue weighted by molar-refractivity contribution is 0.482. The van der Waals surface area contributed by atoms with Gasteiger partial charge in [0.25, 0.3) is 19.1 Å². The van der Waals surface area contributed by atoms with Crippen LogP contribution in [0.4, 0.5) is 46.8 Å². The van der Waals surface area contributed by atoms with Gasteiger partial charge < -0.3 is 5.73 Å². The Hall–Kier alpha value is -4.03. The fourth-order valence-corrected chi connectivity index (χ4v) is 4.45. The number of nitrogens with two attached hydrogens (primary N) is 1. The van der Waals surface area contributed by atoms with Crippen molar-refractivity contribution >= 4 is 41.4 Å². The number of halogens is 9. The van der Waals surface area contributed by atoms with Crippen LogP contribution in [0, 0.1) is 46.8 Å². The van der Waals surface area contributed by atoms with Gasteiger partial charge in [0.1, 0.15) is 33.1 Å². The third-order valence-corrected chi connectivity index (χ3v) is 6.90. The first-order valence-corrected chi connectivity index (χ1v) is 14.0. The molecule has 0 aliphatic carbocycles. The Labute approximate surface area is 230 Å². The Morgan fingerprint density at radius 1 is 0.610 bits per heavy atom. The number of nitrogens with one attached hydrogen (secondary N) is 1. The van der Waals surface area contributed by atoms with Gasteiger partial charge in [-0.25, -0.2) is 53.1 Å². The second-order valence-electron chi connectivity index (χ2n) is 7.17. The lowest BCUT2D eigenvalue weighted by atomic mass is 10.3. The summed E-state index contributed by atoms with van der Waals surface area (Å²) in [6.07, 6.45) is 0. The van der Waals surface area contributed by atoms with E-state index in [2.05, 4.69) is 9.97 Å². The van der Waals surface area contributed by atoms with Gasteiger partial charge in [0.05, 0.1) is 0 Å². The molecule has 0 spiro atoms. The predicted octanol–water partition coefficient (Wildman–Crippen LogP) is 5.27. The first kappa shape index (κ1) is 33.2. The third-order valence-electron chi connectivity index (χ3n) is 4.19. The number of nitrogens with zero attached hydrogens (tertiary/aromatic N) is 2. The van der Waals surface area contributed by atoms with Gasteiger partial charge in [0, 0.05) is 28.9 Å². The highest BCUT2D eigenvalue weighted by Crippen LogP contribution is 2.22. The Bertz CT molecular complexity index is 1760. The number of pyridine rings is 2. The highest BCUT2D eigenvalue weighted by Gasteiger charge is 2.23. The smallest absolute Gasteiger partial charge is 0.266 e. The second-order valence-corrected chi connectivity index (χ2v) is 11.4. The first-order valence-electron chi connectivity index (χ1n) is 10.2. The number of aromatic nitrogens is 2. The van der Waals surface area contributed by atoms with E-state index in [9.17, 15) is 52.0 Å². The van der Waals surface area contributed by atoms with Crippen LogP contribution in [0.5, 0.6) is 0 Å². The van der Waals surface area contributed by atoms with Crippen LogP contribution >= 0.6 is 10.7 Å². The first-order chi connectivity index (χ1) is 18.9. The standard InChI is InChI=1S/C11H6F4N2O2S.C6H2ClF3O2S.C5H5FN2/c12-6-4-8(14)9(5-7(6)13)20(18,19)17-11-3-1-2-10(15)16-11;7-13(11,12)6-2-4(9)3(8)1-5(6)10;6-4-2-1-3-5(7)8-4/h1-5H,(H,16,17);1-2H;1-3H,(H2,7,8). The number of sulfonamides is 1. The van der Waals surface area contributed by atoms with Crippen molar-refractivity contribution < 1.29 is 52.0 Å². The summed E-state index contributed by atoms with van der Waals surface area (Å²) >= 11 is 0. The maximum atomic E-state index is 13.4. The molecule has 0 atom stereocenters. The zero-order valence-electron chi connectivity index (χ0n) is 19.6. The van der Waals surface area contributed by atoms with Crippen molar-refractivity contribution in [2.75, 3.05) is 10.5 Å². The van der Waals surface area contributed by atoms with Crippen molar-refractivity contribution in [3.05, 3.63) is 107 Å². The average molecular weight is 649 g/mol. The second kappa shape index (κ2) is 13.6. The van der Waals surface area contributed by atoms with Crippen LogP contribution in [-0.2, 0) is 19.1 Å². The van der Waals surface area contributed by atoms with Gasteiger partial charge in [-0.1, -0.05) is 12.1 Å². The minimum Gasteiger partial charge on any atom is -0.384 e. The van der Waals surface area contributed by atoms with Crippen LogP contribution in [-0.4, -0.2) is 26.8 Å². The number of nitrogen functional groups attached to an aromatic ring is 1. The minimum absolute atomic E-state index is 0.100. The Balaban J connectivity index is 0.000000239. The van der Waals surface area contributed by atoms with Crippen LogP contribution < -0.4 is 10.5 Å². The van der Waals surface area contributed by atoms with E-state index >= 15 is 0 Å². The predicted molar refractivity (Wildman–Crippen MR) is 129 cm³/mol. The summed E-state index contributed by atoms with van der Waals surface area (Å²) in [6.45, 7) is 0. The molecule has 0 radical (unpaired) electrons. The molecule has 0 saturated heterocycles. The van der Waals surface area contributed by atoms with E-state index < -0.39 is 81.5 Å². The molecule has 0 saturated carbocycles. The molecule has 4 rings (SSSR count). The van der Waals surface area contributed by atoms with Crippen molar-refractivity contribution in [3.8, 4) is 0 Å². The van der Waals surface area contributed by atoms with Crippen LogP contribution in [0.15, 0.2) is 70.5 Å². The van der Waals surface area contributed by atoms with Crippen LogP contribution in [0.1, 0.15) is 0 Å². The van der Waals surface area contributed by atoms with Gasteiger partial charge in [0.15, 0.2) is 23.3 Å². The molecule has 2 heterocycles. The molecule has 0 aliphatic rings. The molecule has 2 aromatic carbocycles. The molecule has 41 heavy (non-hydrogen) atoms. The fraction of sp³-hybridized carbons (Fsp3) is 0. The quantitative estimate of drug-likeness (QED) is 0.133. The Morgan fingerprint density at radius 2 is 1.05 bits per heavy atom. The lowest BCUT2D eigenvalue weighted by Gasteiger charge is -2.08. The molecule has 0 bridgehead atoms. The topological polar surface area (TPSA) is 132 Å². The van der Waals surface area contributed by atoms with E-state index in [0.29, 0.717) is 0 Å². The van der Waals surface area contributed by atoms with Crippen LogP contribution in [0.25, 0.3) is 0 Å². The molecule has 0 fully saturated rings. The Morgan fingerprint density at radius 3 is 1.49 bits per heavy atom. The van der Waals surface area contributed by atoms with Gasteiger partial charge in [-0.3, -0.25) is 4.72 Å². The van der Waals surface area contributed by atoms with Gasteiger partial charge >= 0.3 is 0 Å². The van der Waals surface area contributed by atoms with Gasteiger partial charge in [-0.05, 0) is 30.3 Å². The summed E-state index contributed by atoms with van der Waals surface area (Å²) in [6, 6.07) is 8.13.